The van der Waals surface area contributed by atoms with Crippen molar-refractivity contribution in [3.05, 3.63) is 44.9 Å². The molecule has 8 nitrogen and oxygen atoms in total. The van der Waals surface area contributed by atoms with Crippen LogP contribution >= 0.6 is 0 Å². The molecule has 1 N–H and O–H groups in total. The monoisotopic (exact) mass is 379 g/mol. The van der Waals surface area contributed by atoms with Crippen LogP contribution in [0.15, 0.2) is 17.8 Å². The molecule has 1 saturated carbocycles. The van der Waals surface area contributed by atoms with Crippen molar-refractivity contribution in [2.75, 3.05) is 26.0 Å². The second kappa shape index (κ2) is 8.15. The second-order valence-electron chi connectivity index (χ2n) is 6.49. The van der Waals surface area contributed by atoms with Gasteiger partial charge in [-0.1, -0.05) is 0 Å². The van der Waals surface area contributed by atoms with Gasteiger partial charge in [0.1, 0.15) is 5.57 Å². The van der Waals surface area contributed by atoms with Crippen molar-refractivity contribution in [3.63, 3.8) is 0 Å². The molecule has 0 amide bonds. The Hall–Kier alpha value is -2.97. The number of carbonyl (C=O) groups is 2. The van der Waals surface area contributed by atoms with Crippen LogP contribution in [0.25, 0.3) is 0 Å². The van der Waals surface area contributed by atoms with Gasteiger partial charge in [-0.25, -0.2) is 4.79 Å². The third kappa shape index (κ3) is 4.60. The molecule has 0 unspecified atom stereocenters. The van der Waals surface area contributed by atoms with Gasteiger partial charge >= 0.3 is 11.7 Å². The van der Waals surface area contributed by atoms with Gasteiger partial charge in [0, 0.05) is 38.0 Å². The first-order valence-electron chi connectivity index (χ1n) is 8.51. The van der Waals surface area contributed by atoms with Crippen LogP contribution in [0.2, 0.25) is 0 Å². The summed E-state index contributed by atoms with van der Waals surface area (Å²) < 4.78 is 19.3. The average Bonchev–Trinajstić information content (AvgIpc) is 3.40. The number of ketones is 1. The summed E-state index contributed by atoms with van der Waals surface area (Å²) in [6.45, 7) is 3.03. The average molecular weight is 379 g/mol. The van der Waals surface area contributed by atoms with Crippen LogP contribution in [0.5, 0.6) is 0 Å². The van der Waals surface area contributed by atoms with Gasteiger partial charge in [0.15, 0.2) is 0 Å². The highest BCUT2D eigenvalue weighted by molar-refractivity contribution is 6.26. The lowest BCUT2D eigenvalue weighted by Gasteiger charge is -2.16. The number of rotatable bonds is 8. The Morgan fingerprint density at radius 2 is 2.07 bits per heavy atom. The van der Waals surface area contributed by atoms with E-state index in [2.05, 4.69) is 5.32 Å². The van der Waals surface area contributed by atoms with Crippen LogP contribution in [-0.4, -0.2) is 48.3 Å². The molecule has 9 heteroatoms. The molecular formula is C18H22FN3O5. The van der Waals surface area contributed by atoms with E-state index >= 15 is 0 Å². The standard InChI is InChI=1S/C18H22FN3O5/c1-5-27-18(24)13(9-21(3)4)17(23)12-8-14(22(25)26)15(19)10(2)16(12)20-11-6-7-11/h8-9,11,20H,5-7H2,1-4H3/b13-9+. The van der Waals surface area contributed by atoms with E-state index in [9.17, 15) is 24.1 Å². The van der Waals surface area contributed by atoms with Crippen molar-refractivity contribution in [2.45, 2.75) is 32.7 Å². The van der Waals surface area contributed by atoms with E-state index in [4.69, 9.17) is 4.74 Å². The third-order valence-electron chi connectivity index (χ3n) is 3.97. The fourth-order valence-electron chi connectivity index (χ4n) is 2.52. The summed E-state index contributed by atoms with van der Waals surface area (Å²) in [7, 11) is 3.24. The molecule has 0 saturated heterocycles. The quantitative estimate of drug-likeness (QED) is 0.141. The van der Waals surface area contributed by atoms with Crippen molar-refractivity contribution in [1.29, 1.82) is 0 Å². The molecule has 1 fully saturated rings. The summed E-state index contributed by atoms with van der Waals surface area (Å²) in [6.07, 6.45) is 2.99. The largest absolute Gasteiger partial charge is 0.462 e. The number of hydrogen-bond acceptors (Lipinski definition) is 7. The molecule has 1 aromatic carbocycles. The Morgan fingerprint density at radius 1 is 1.44 bits per heavy atom. The second-order valence-corrected chi connectivity index (χ2v) is 6.49. The Bertz CT molecular complexity index is 816. The molecular weight excluding hydrogens is 357 g/mol. The van der Waals surface area contributed by atoms with Gasteiger partial charge in [-0.05, 0) is 26.7 Å². The van der Waals surface area contributed by atoms with Crippen molar-refractivity contribution in [2.24, 2.45) is 0 Å². The normalized spacial score (nSPS) is 13.9. The molecule has 0 aromatic heterocycles. The lowest BCUT2D eigenvalue weighted by molar-refractivity contribution is -0.387. The zero-order valence-electron chi connectivity index (χ0n) is 15.7. The molecule has 0 aliphatic heterocycles. The topological polar surface area (TPSA) is 102 Å². The number of nitrogens with zero attached hydrogens (tertiary/aromatic N) is 2. The van der Waals surface area contributed by atoms with Gasteiger partial charge in [0.25, 0.3) is 0 Å². The highest BCUT2D eigenvalue weighted by Gasteiger charge is 2.32. The van der Waals surface area contributed by atoms with Gasteiger partial charge in [0.05, 0.1) is 22.8 Å². The van der Waals surface area contributed by atoms with E-state index < -0.39 is 28.2 Å². The molecule has 1 aliphatic carbocycles. The predicted molar refractivity (Wildman–Crippen MR) is 97.2 cm³/mol. The number of hydrogen-bond donors (Lipinski definition) is 1. The highest BCUT2D eigenvalue weighted by atomic mass is 19.1. The Balaban J connectivity index is 2.63. The van der Waals surface area contributed by atoms with Gasteiger partial charge in [-0.3, -0.25) is 14.9 Å². The maximum absolute atomic E-state index is 14.4. The van der Waals surface area contributed by atoms with E-state index in [1.807, 2.05) is 0 Å². The Labute approximate surface area is 156 Å². The maximum atomic E-state index is 14.4. The molecule has 1 aromatic rings. The summed E-state index contributed by atoms with van der Waals surface area (Å²) in [5, 5.41) is 14.2. The highest BCUT2D eigenvalue weighted by Crippen LogP contribution is 2.35. The minimum absolute atomic E-state index is 0.0347. The maximum Gasteiger partial charge on any atom is 0.343 e. The minimum atomic E-state index is -1.01. The fourth-order valence-corrected chi connectivity index (χ4v) is 2.52. The SMILES string of the molecule is CCOC(=O)/C(=C/N(C)C)C(=O)c1cc([N+](=O)[O-])c(F)c(C)c1NC1CC1. The first-order valence-corrected chi connectivity index (χ1v) is 8.51. The lowest BCUT2D eigenvalue weighted by Crippen LogP contribution is -2.21. The number of nitro groups is 1. The summed E-state index contributed by atoms with van der Waals surface area (Å²) in [5.41, 5.74) is -1.10. The number of benzene rings is 1. The molecule has 0 bridgehead atoms. The number of anilines is 1. The number of ether oxygens (including phenoxy) is 1. The molecule has 146 valence electrons. The molecule has 0 atom stereocenters. The fraction of sp³-hybridized carbons (Fsp3) is 0.444. The van der Waals surface area contributed by atoms with E-state index in [-0.39, 0.29) is 35.0 Å². The van der Waals surface area contributed by atoms with Crippen LogP contribution in [0.3, 0.4) is 0 Å². The zero-order valence-corrected chi connectivity index (χ0v) is 15.7. The van der Waals surface area contributed by atoms with Gasteiger partial charge in [0.2, 0.25) is 11.6 Å². The third-order valence-corrected chi connectivity index (χ3v) is 3.97. The van der Waals surface area contributed by atoms with E-state index in [1.165, 1.54) is 18.0 Å². The summed E-state index contributed by atoms with van der Waals surface area (Å²) in [5.74, 6) is -2.62. The number of halogens is 1. The zero-order chi connectivity index (χ0) is 20.3. The van der Waals surface area contributed by atoms with E-state index in [0.717, 1.165) is 18.9 Å². The number of Topliss-reactive ketones (excluding diaryl/α,β-unsaturated/α-hetero) is 1. The first kappa shape index (κ1) is 20.3. The first-order chi connectivity index (χ1) is 12.7. The van der Waals surface area contributed by atoms with Gasteiger partial charge in [-0.2, -0.15) is 4.39 Å². The number of nitro benzene ring substituents is 1. The predicted octanol–water partition coefficient (Wildman–Crippen LogP) is 2.81. The molecule has 2 rings (SSSR count). The van der Waals surface area contributed by atoms with Crippen LogP contribution in [0.1, 0.15) is 35.7 Å². The number of esters is 1. The van der Waals surface area contributed by atoms with Crippen LogP contribution in [0, 0.1) is 22.9 Å². The van der Waals surface area contributed by atoms with Crippen molar-refractivity contribution < 1.29 is 23.6 Å². The minimum Gasteiger partial charge on any atom is -0.462 e. The van der Waals surface area contributed by atoms with E-state index in [0.29, 0.717) is 0 Å². The molecule has 27 heavy (non-hydrogen) atoms. The Kier molecular flexibility index (Phi) is 6.14. The van der Waals surface area contributed by atoms with Crippen LogP contribution in [0.4, 0.5) is 15.8 Å². The summed E-state index contributed by atoms with van der Waals surface area (Å²) in [6, 6.07) is 0.943. The summed E-state index contributed by atoms with van der Waals surface area (Å²) >= 11 is 0. The van der Waals surface area contributed by atoms with Crippen molar-refractivity contribution in [3.8, 4) is 0 Å². The van der Waals surface area contributed by atoms with Crippen molar-refractivity contribution >= 4 is 23.1 Å². The van der Waals surface area contributed by atoms with Crippen LogP contribution in [-0.2, 0) is 9.53 Å². The van der Waals surface area contributed by atoms with Crippen molar-refractivity contribution in [1.82, 2.24) is 4.90 Å². The Morgan fingerprint density at radius 3 is 2.56 bits per heavy atom. The molecule has 1 aliphatic rings. The smallest absolute Gasteiger partial charge is 0.343 e. The molecule has 0 heterocycles. The van der Waals surface area contributed by atoms with E-state index in [1.54, 1.807) is 21.0 Å². The number of carbonyl (C=O) groups excluding carboxylic acids is 2. The van der Waals surface area contributed by atoms with Crippen LogP contribution < -0.4 is 5.32 Å². The summed E-state index contributed by atoms with van der Waals surface area (Å²) in [4.78, 5) is 37.1. The lowest BCUT2D eigenvalue weighted by atomic mass is 9.97. The van der Waals surface area contributed by atoms with Gasteiger partial charge in [-0.15, -0.1) is 0 Å². The van der Waals surface area contributed by atoms with Gasteiger partial charge < -0.3 is 15.0 Å². The molecule has 0 radical (unpaired) electrons. The molecule has 0 spiro atoms. The number of nitrogens with one attached hydrogen (secondary N) is 1.